The molecule has 5 heteroatoms. The van der Waals surface area contributed by atoms with Gasteiger partial charge in [-0.05, 0) is 18.2 Å². The first-order chi connectivity index (χ1) is 7.68. The molecule has 0 aliphatic carbocycles. The summed E-state index contributed by atoms with van der Waals surface area (Å²) in [6.45, 7) is 0. The minimum Gasteiger partial charge on any atom is -0.288 e. The Kier molecular flexibility index (Phi) is 3.17. The molecule has 16 heavy (non-hydrogen) atoms. The molecular formula is C11H6Cl2N2O. The summed E-state index contributed by atoms with van der Waals surface area (Å²) in [5, 5.41) is 0.770. The molecule has 0 unspecified atom stereocenters. The van der Waals surface area contributed by atoms with Gasteiger partial charge < -0.3 is 0 Å². The third-order valence-electron chi connectivity index (χ3n) is 2.00. The highest BCUT2D eigenvalue weighted by Gasteiger charge is 2.10. The van der Waals surface area contributed by atoms with E-state index in [1.54, 1.807) is 12.1 Å². The van der Waals surface area contributed by atoms with Gasteiger partial charge in [-0.2, -0.15) is 0 Å². The Hall–Kier alpha value is -1.45. The summed E-state index contributed by atoms with van der Waals surface area (Å²) < 4.78 is 0. The molecule has 0 N–H and O–H groups in total. The summed E-state index contributed by atoms with van der Waals surface area (Å²) in [6, 6.07) is 4.73. The van der Waals surface area contributed by atoms with E-state index < -0.39 is 0 Å². The fourth-order valence-corrected chi connectivity index (χ4v) is 1.52. The molecule has 0 spiro atoms. The van der Waals surface area contributed by atoms with Crippen molar-refractivity contribution in [3.05, 3.63) is 58.1 Å². The van der Waals surface area contributed by atoms with E-state index in [0.29, 0.717) is 21.2 Å². The normalized spacial score (nSPS) is 10.1. The smallest absolute Gasteiger partial charge is 0.196 e. The van der Waals surface area contributed by atoms with Crippen molar-refractivity contribution in [1.29, 1.82) is 0 Å². The van der Waals surface area contributed by atoms with E-state index in [2.05, 4.69) is 9.97 Å². The molecule has 0 saturated heterocycles. The number of rotatable bonds is 2. The van der Waals surface area contributed by atoms with Gasteiger partial charge in [-0.15, -0.1) is 0 Å². The van der Waals surface area contributed by atoms with Crippen molar-refractivity contribution in [2.24, 2.45) is 0 Å². The number of nitrogens with zero attached hydrogens (tertiary/aromatic N) is 2. The molecule has 0 saturated carbocycles. The summed E-state index contributed by atoms with van der Waals surface area (Å²) in [5.74, 6) is -0.181. The maximum atomic E-state index is 11.9. The van der Waals surface area contributed by atoms with Crippen molar-refractivity contribution in [3.63, 3.8) is 0 Å². The maximum Gasteiger partial charge on any atom is 0.196 e. The Bertz CT molecular complexity index is 529. The lowest BCUT2D eigenvalue weighted by molar-refractivity contribution is 0.103. The number of hydrogen-bond donors (Lipinski definition) is 0. The molecule has 0 fully saturated rings. The topological polar surface area (TPSA) is 42.9 Å². The van der Waals surface area contributed by atoms with Crippen LogP contribution in [0.2, 0.25) is 10.0 Å². The monoisotopic (exact) mass is 252 g/mol. The van der Waals surface area contributed by atoms with Gasteiger partial charge in [0, 0.05) is 18.0 Å². The van der Waals surface area contributed by atoms with Crippen LogP contribution in [0.5, 0.6) is 0 Å². The molecule has 0 radical (unpaired) electrons. The number of aromatic nitrogens is 2. The summed E-state index contributed by atoms with van der Waals surface area (Å²) in [6.07, 6.45) is 4.28. The Labute approximate surface area is 102 Å². The molecule has 1 aromatic carbocycles. The molecule has 0 aliphatic rings. The fraction of sp³-hybridized carbons (Fsp3) is 0. The average Bonchev–Trinajstić information content (AvgIpc) is 2.33. The van der Waals surface area contributed by atoms with Crippen LogP contribution in [0.25, 0.3) is 0 Å². The van der Waals surface area contributed by atoms with Gasteiger partial charge in [0.2, 0.25) is 0 Å². The van der Waals surface area contributed by atoms with Crippen LogP contribution in [0.1, 0.15) is 15.9 Å². The van der Waals surface area contributed by atoms with Crippen molar-refractivity contribution in [2.45, 2.75) is 0 Å². The molecule has 0 atom stereocenters. The average molecular weight is 253 g/mol. The lowest BCUT2D eigenvalue weighted by Gasteiger charge is -2.01. The molecule has 0 bridgehead atoms. The van der Waals surface area contributed by atoms with Crippen LogP contribution in [0.4, 0.5) is 0 Å². The number of carbonyl (C=O) groups excluding carboxylic acids is 1. The Morgan fingerprint density at radius 3 is 2.31 bits per heavy atom. The first kappa shape index (κ1) is 11.0. The van der Waals surface area contributed by atoms with E-state index in [1.807, 2.05) is 0 Å². The summed E-state index contributed by atoms with van der Waals surface area (Å²) in [5.41, 5.74) is 0.880. The summed E-state index contributed by atoms with van der Waals surface area (Å²) in [7, 11) is 0. The zero-order chi connectivity index (χ0) is 11.5. The second-order valence-corrected chi connectivity index (χ2v) is 3.90. The standard InChI is InChI=1S/C11H6Cl2N2O/c12-9-2-1-7(3-10(9)13)11(16)8-4-14-6-15-5-8/h1-6H. The second-order valence-electron chi connectivity index (χ2n) is 3.09. The second kappa shape index (κ2) is 4.60. The van der Waals surface area contributed by atoms with Gasteiger partial charge in [-0.25, -0.2) is 9.97 Å². The third-order valence-corrected chi connectivity index (χ3v) is 2.74. The summed E-state index contributed by atoms with van der Waals surface area (Å²) in [4.78, 5) is 19.5. The Morgan fingerprint density at radius 1 is 1.00 bits per heavy atom. The highest BCUT2D eigenvalue weighted by molar-refractivity contribution is 6.42. The van der Waals surface area contributed by atoms with E-state index in [-0.39, 0.29) is 5.78 Å². The summed E-state index contributed by atoms with van der Waals surface area (Å²) >= 11 is 11.6. The highest BCUT2D eigenvalue weighted by Crippen LogP contribution is 2.23. The Morgan fingerprint density at radius 2 is 1.69 bits per heavy atom. The predicted octanol–water partition coefficient (Wildman–Crippen LogP) is 3.01. The van der Waals surface area contributed by atoms with Gasteiger partial charge in [-0.1, -0.05) is 23.2 Å². The van der Waals surface area contributed by atoms with Gasteiger partial charge in [-0.3, -0.25) is 4.79 Å². The van der Waals surface area contributed by atoms with E-state index in [0.717, 1.165) is 0 Å². The molecular weight excluding hydrogens is 247 g/mol. The number of carbonyl (C=O) groups is 1. The maximum absolute atomic E-state index is 11.9. The fourth-order valence-electron chi connectivity index (χ4n) is 1.22. The van der Waals surface area contributed by atoms with Crippen molar-refractivity contribution in [2.75, 3.05) is 0 Å². The van der Waals surface area contributed by atoms with Crippen LogP contribution in [-0.4, -0.2) is 15.8 Å². The molecule has 2 aromatic rings. The van der Waals surface area contributed by atoms with Gasteiger partial charge in [0.15, 0.2) is 5.78 Å². The molecule has 80 valence electrons. The van der Waals surface area contributed by atoms with Gasteiger partial charge in [0.1, 0.15) is 6.33 Å². The zero-order valence-electron chi connectivity index (χ0n) is 8.02. The van der Waals surface area contributed by atoms with Crippen LogP contribution in [-0.2, 0) is 0 Å². The van der Waals surface area contributed by atoms with E-state index in [9.17, 15) is 4.79 Å². The Balaban J connectivity index is 2.39. The molecule has 0 amide bonds. The number of benzene rings is 1. The lowest BCUT2D eigenvalue weighted by Crippen LogP contribution is -2.02. The molecule has 0 aliphatic heterocycles. The SMILES string of the molecule is O=C(c1cncnc1)c1ccc(Cl)c(Cl)c1. The lowest BCUT2D eigenvalue weighted by atomic mass is 10.1. The van der Waals surface area contributed by atoms with Crippen molar-refractivity contribution >= 4 is 29.0 Å². The number of hydrogen-bond acceptors (Lipinski definition) is 3. The van der Waals surface area contributed by atoms with Gasteiger partial charge in [0.25, 0.3) is 0 Å². The zero-order valence-corrected chi connectivity index (χ0v) is 9.53. The highest BCUT2D eigenvalue weighted by atomic mass is 35.5. The van der Waals surface area contributed by atoms with Crippen LogP contribution in [0, 0.1) is 0 Å². The van der Waals surface area contributed by atoms with Crippen molar-refractivity contribution in [1.82, 2.24) is 9.97 Å². The van der Waals surface area contributed by atoms with Crippen LogP contribution in [0.3, 0.4) is 0 Å². The number of ketones is 1. The van der Waals surface area contributed by atoms with E-state index >= 15 is 0 Å². The van der Waals surface area contributed by atoms with Gasteiger partial charge >= 0.3 is 0 Å². The molecule has 3 nitrogen and oxygen atoms in total. The predicted molar refractivity (Wildman–Crippen MR) is 61.9 cm³/mol. The van der Waals surface area contributed by atoms with E-state index in [4.69, 9.17) is 23.2 Å². The first-order valence-electron chi connectivity index (χ1n) is 4.43. The van der Waals surface area contributed by atoms with Crippen molar-refractivity contribution < 1.29 is 4.79 Å². The molecule has 2 rings (SSSR count). The van der Waals surface area contributed by atoms with E-state index in [1.165, 1.54) is 24.8 Å². The number of halogens is 2. The third kappa shape index (κ3) is 2.21. The minimum atomic E-state index is -0.181. The molecule has 1 aromatic heterocycles. The quantitative estimate of drug-likeness (QED) is 0.772. The largest absolute Gasteiger partial charge is 0.288 e. The van der Waals surface area contributed by atoms with Crippen LogP contribution >= 0.6 is 23.2 Å². The van der Waals surface area contributed by atoms with Crippen molar-refractivity contribution in [3.8, 4) is 0 Å². The minimum absolute atomic E-state index is 0.181. The van der Waals surface area contributed by atoms with Crippen LogP contribution in [0.15, 0.2) is 36.9 Å². The van der Waals surface area contributed by atoms with Gasteiger partial charge in [0.05, 0.1) is 15.6 Å². The van der Waals surface area contributed by atoms with Crippen LogP contribution < -0.4 is 0 Å². The molecule has 1 heterocycles. The first-order valence-corrected chi connectivity index (χ1v) is 5.19.